The zero-order chi connectivity index (χ0) is 15.7. The molecule has 0 radical (unpaired) electrons. The summed E-state index contributed by atoms with van der Waals surface area (Å²) in [6.45, 7) is 3.70. The lowest BCUT2D eigenvalue weighted by atomic mass is 9.90. The first-order valence-corrected chi connectivity index (χ1v) is 7.42. The summed E-state index contributed by atoms with van der Waals surface area (Å²) in [5, 5.41) is 20.3. The van der Waals surface area contributed by atoms with Crippen molar-refractivity contribution in [3.63, 3.8) is 0 Å². The Bertz CT molecular complexity index is 702. The molecule has 3 heteroatoms. The van der Waals surface area contributed by atoms with E-state index in [0.29, 0.717) is 17.7 Å². The minimum Gasteiger partial charge on any atom is -0.508 e. The van der Waals surface area contributed by atoms with Crippen molar-refractivity contribution in [2.45, 2.75) is 32.0 Å². The molecule has 1 heterocycles. The van der Waals surface area contributed by atoms with Gasteiger partial charge in [-0.1, -0.05) is 42.5 Å². The van der Waals surface area contributed by atoms with Crippen LogP contribution >= 0.6 is 0 Å². The molecule has 0 spiro atoms. The molecule has 1 atom stereocenters. The van der Waals surface area contributed by atoms with Crippen LogP contribution in [0.2, 0.25) is 0 Å². The van der Waals surface area contributed by atoms with Gasteiger partial charge in [-0.15, -0.1) is 0 Å². The molecule has 0 aromatic heterocycles. The molecule has 2 aromatic rings. The topological polar surface area (TPSA) is 49.7 Å². The van der Waals surface area contributed by atoms with Crippen LogP contribution in [0.5, 0.6) is 11.5 Å². The number of rotatable bonds is 2. The van der Waals surface area contributed by atoms with Gasteiger partial charge in [0.1, 0.15) is 17.1 Å². The van der Waals surface area contributed by atoms with Gasteiger partial charge in [-0.25, -0.2) is 0 Å². The number of fused-ring (bicyclic) bond motifs is 1. The van der Waals surface area contributed by atoms with E-state index in [0.717, 1.165) is 11.1 Å². The fraction of sp³-hybridized carbons (Fsp3) is 0.263. The highest BCUT2D eigenvalue weighted by Gasteiger charge is 2.36. The standard InChI is InChI=1S/C19H20O3/c1-19(2)18(21)12-15-16(20)10-14(11-17(15)22-19)9-8-13-6-4-3-5-7-13/h3-11,18,20-21H,12H2,1-2H3/b9-8+. The van der Waals surface area contributed by atoms with E-state index >= 15 is 0 Å². The summed E-state index contributed by atoms with van der Waals surface area (Å²) in [6, 6.07) is 13.6. The number of hydrogen-bond acceptors (Lipinski definition) is 3. The smallest absolute Gasteiger partial charge is 0.129 e. The lowest BCUT2D eigenvalue weighted by molar-refractivity contribution is -0.0417. The summed E-state index contributed by atoms with van der Waals surface area (Å²) in [4.78, 5) is 0. The predicted molar refractivity (Wildman–Crippen MR) is 87.9 cm³/mol. The van der Waals surface area contributed by atoms with E-state index in [1.54, 1.807) is 6.07 Å². The van der Waals surface area contributed by atoms with Gasteiger partial charge in [0.25, 0.3) is 0 Å². The molecule has 2 N–H and O–H groups in total. The maximum atomic E-state index is 10.2. The van der Waals surface area contributed by atoms with Gasteiger partial charge in [-0.3, -0.25) is 0 Å². The summed E-state index contributed by atoms with van der Waals surface area (Å²) >= 11 is 0. The lowest BCUT2D eigenvalue weighted by Gasteiger charge is -2.37. The largest absolute Gasteiger partial charge is 0.508 e. The molecule has 3 rings (SSSR count). The number of hydrogen-bond donors (Lipinski definition) is 2. The first-order valence-electron chi connectivity index (χ1n) is 7.42. The number of ether oxygens (including phenoxy) is 1. The highest BCUT2D eigenvalue weighted by atomic mass is 16.5. The van der Waals surface area contributed by atoms with Crippen LogP contribution in [0.3, 0.4) is 0 Å². The highest BCUT2D eigenvalue weighted by Crippen LogP contribution is 2.39. The second-order valence-electron chi connectivity index (χ2n) is 6.19. The Hall–Kier alpha value is -2.26. The third kappa shape index (κ3) is 2.85. The van der Waals surface area contributed by atoms with Gasteiger partial charge in [0, 0.05) is 12.0 Å². The zero-order valence-electron chi connectivity index (χ0n) is 12.8. The van der Waals surface area contributed by atoms with E-state index in [1.165, 1.54) is 0 Å². The van der Waals surface area contributed by atoms with E-state index in [4.69, 9.17) is 4.74 Å². The van der Waals surface area contributed by atoms with E-state index in [-0.39, 0.29) is 5.75 Å². The minimum atomic E-state index is -0.652. The van der Waals surface area contributed by atoms with Crippen molar-refractivity contribution in [1.82, 2.24) is 0 Å². The fourth-order valence-corrected chi connectivity index (χ4v) is 2.59. The van der Waals surface area contributed by atoms with Gasteiger partial charge in [0.2, 0.25) is 0 Å². The third-order valence-corrected chi connectivity index (χ3v) is 4.05. The molecule has 0 bridgehead atoms. The van der Waals surface area contributed by atoms with Crippen LogP contribution in [0.15, 0.2) is 42.5 Å². The van der Waals surface area contributed by atoms with E-state index in [2.05, 4.69) is 0 Å². The zero-order valence-corrected chi connectivity index (χ0v) is 12.8. The average molecular weight is 296 g/mol. The Kier molecular flexibility index (Phi) is 3.67. The lowest BCUT2D eigenvalue weighted by Crippen LogP contribution is -2.46. The van der Waals surface area contributed by atoms with E-state index in [1.807, 2.05) is 62.4 Å². The molecule has 0 fully saturated rings. The fourth-order valence-electron chi connectivity index (χ4n) is 2.59. The van der Waals surface area contributed by atoms with Crippen LogP contribution in [0.4, 0.5) is 0 Å². The highest BCUT2D eigenvalue weighted by molar-refractivity contribution is 5.71. The minimum absolute atomic E-state index is 0.166. The molecular formula is C19H20O3. The molecule has 1 unspecified atom stereocenters. The third-order valence-electron chi connectivity index (χ3n) is 4.05. The molecule has 3 nitrogen and oxygen atoms in total. The summed E-state index contributed by atoms with van der Waals surface area (Å²) in [5.74, 6) is 0.808. The Labute approximate surface area is 130 Å². The first-order chi connectivity index (χ1) is 10.5. The molecule has 0 saturated heterocycles. The van der Waals surface area contributed by atoms with Crippen molar-refractivity contribution >= 4 is 12.2 Å². The molecule has 1 aliphatic heterocycles. The molecule has 0 aliphatic carbocycles. The van der Waals surface area contributed by atoms with Crippen molar-refractivity contribution in [1.29, 1.82) is 0 Å². The van der Waals surface area contributed by atoms with Crippen molar-refractivity contribution in [3.05, 3.63) is 59.2 Å². The second-order valence-corrected chi connectivity index (χ2v) is 6.19. The monoisotopic (exact) mass is 296 g/mol. The number of aliphatic hydroxyl groups is 1. The second kappa shape index (κ2) is 5.50. The van der Waals surface area contributed by atoms with Crippen LogP contribution in [0.25, 0.3) is 12.2 Å². The van der Waals surface area contributed by atoms with Crippen LogP contribution in [0, 0.1) is 0 Å². The van der Waals surface area contributed by atoms with Gasteiger partial charge in [-0.05, 0) is 37.1 Å². The summed E-state index contributed by atoms with van der Waals surface area (Å²) < 4.78 is 5.86. The van der Waals surface area contributed by atoms with E-state index < -0.39 is 11.7 Å². The Balaban J connectivity index is 1.93. The van der Waals surface area contributed by atoms with Crippen molar-refractivity contribution < 1.29 is 14.9 Å². The number of benzene rings is 2. The van der Waals surface area contributed by atoms with Crippen molar-refractivity contribution in [2.24, 2.45) is 0 Å². The van der Waals surface area contributed by atoms with Gasteiger partial charge < -0.3 is 14.9 Å². The Morgan fingerprint density at radius 1 is 1.09 bits per heavy atom. The van der Waals surface area contributed by atoms with Crippen LogP contribution in [0.1, 0.15) is 30.5 Å². The summed E-state index contributed by atoms with van der Waals surface area (Å²) in [7, 11) is 0. The average Bonchev–Trinajstić information content (AvgIpc) is 2.48. The number of phenols is 1. The number of aromatic hydroxyl groups is 1. The van der Waals surface area contributed by atoms with Crippen molar-refractivity contribution in [2.75, 3.05) is 0 Å². The molecule has 0 saturated carbocycles. The van der Waals surface area contributed by atoms with Gasteiger partial charge >= 0.3 is 0 Å². The molecule has 2 aromatic carbocycles. The summed E-state index contributed by atoms with van der Waals surface area (Å²) in [6.07, 6.45) is 3.70. The normalized spacial score (nSPS) is 19.7. The molecule has 1 aliphatic rings. The molecule has 22 heavy (non-hydrogen) atoms. The van der Waals surface area contributed by atoms with Gasteiger partial charge in [-0.2, -0.15) is 0 Å². The van der Waals surface area contributed by atoms with Crippen LogP contribution in [-0.2, 0) is 6.42 Å². The Morgan fingerprint density at radius 3 is 2.50 bits per heavy atom. The SMILES string of the molecule is CC1(C)Oc2cc(/C=C/c3ccccc3)cc(O)c2CC1O. The van der Waals surface area contributed by atoms with Crippen LogP contribution in [-0.4, -0.2) is 21.9 Å². The Morgan fingerprint density at radius 2 is 1.77 bits per heavy atom. The number of aliphatic hydroxyl groups excluding tert-OH is 1. The molecule has 0 amide bonds. The first kappa shape index (κ1) is 14.7. The van der Waals surface area contributed by atoms with Crippen LogP contribution < -0.4 is 4.74 Å². The predicted octanol–water partition coefficient (Wildman–Crippen LogP) is 3.64. The van der Waals surface area contributed by atoms with Gasteiger partial charge in [0.15, 0.2) is 0 Å². The number of phenolic OH excluding ortho intramolecular Hbond substituents is 1. The van der Waals surface area contributed by atoms with E-state index in [9.17, 15) is 10.2 Å². The summed E-state index contributed by atoms with van der Waals surface area (Å²) in [5.41, 5.74) is 1.98. The quantitative estimate of drug-likeness (QED) is 0.832. The molecular weight excluding hydrogens is 276 g/mol. The van der Waals surface area contributed by atoms with Crippen molar-refractivity contribution in [3.8, 4) is 11.5 Å². The maximum absolute atomic E-state index is 10.2. The maximum Gasteiger partial charge on any atom is 0.129 e. The molecule has 114 valence electrons. The van der Waals surface area contributed by atoms with Gasteiger partial charge in [0.05, 0.1) is 6.10 Å².